The maximum absolute atomic E-state index is 11.5. The highest BCUT2D eigenvalue weighted by atomic mass is 16.2. The van der Waals surface area contributed by atoms with Crippen molar-refractivity contribution in [2.75, 3.05) is 13.1 Å². The molecule has 0 aromatic carbocycles. The van der Waals surface area contributed by atoms with Crippen molar-refractivity contribution in [2.24, 2.45) is 5.73 Å². The molecule has 0 aromatic heterocycles. The second-order valence-electron chi connectivity index (χ2n) is 3.48. The van der Waals surface area contributed by atoms with Crippen molar-refractivity contribution >= 4 is 12.1 Å². The molecule has 0 saturated carbocycles. The van der Waals surface area contributed by atoms with E-state index in [0.717, 1.165) is 32.1 Å². The molecule has 1 unspecified atom stereocenters. The number of piperidine rings is 1. The summed E-state index contributed by atoms with van der Waals surface area (Å²) in [6.07, 6.45) is 4.84. The number of hydrogen-bond acceptors (Lipinski definition) is 3. The first-order chi connectivity index (χ1) is 6.24. The summed E-state index contributed by atoms with van der Waals surface area (Å²) in [4.78, 5) is 13.4. The van der Waals surface area contributed by atoms with Gasteiger partial charge in [-0.25, -0.2) is 0 Å². The summed E-state index contributed by atoms with van der Waals surface area (Å²) in [5, 5.41) is 6.90. The first kappa shape index (κ1) is 10.2. The van der Waals surface area contributed by atoms with E-state index in [0.29, 0.717) is 0 Å². The highest BCUT2D eigenvalue weighted by Gasteiger charge is 2.17. The summed E-state index contributed by atoms with van der Waals surface area (Å²) >= 11 is 0. The highest BCUT2D eigenvalue weighted by Crippen LogP contribution is 2.09. The average Bonchev–Trinajstić information content (AvgIpc) is 2.19. The van der Waals surface area contributed by atoms with Crippen LogP contribution in [0.1, 0.15) is 25.7 Å². The number of hydrogen-bond donors (Lipinski definition) is 2. The zero-order valence-corrected chi connectivity index (χ0v) is 7.83. The Bertz CT molecular complexity index is 187. The molecule has 1 heterocycles. The Kier molecular flexibility index (Phi) is 3.89. The molecule has 0 aliphatic carbocycles. The number of nitrogens with one attached hydrogen (secondary N) is 1. The summed E-state index contributed by atoms with van der Waals surface area (Å²) in [5.41, 5.74) is 5.49. The topological polar surface area (TPSA) is 70.2 Å². The zero-order valence-electron chi connectivity index (χ0n) is 7.83. The first-order valence-electron chi connectivity index (χ1n) is 4.78. The summed E-state index contributed by atoms with van der Waals surface area (Å²) in [5.74, 6) is 0.0932. The minimum Gasteiger partial charge on any atom is -0.343 e. The molecule has 0 bridgehead atoms. The fourth-order valence-electron chi connectivity index (χ4n) is 1.53. The number of likely N-dealkylation sites (tertiary alicyclic amines) is 1. The molecule has 1 aliphatic heterocycles. The Morgan fingerprint density at radius 2 is 2.08 bits per heavy atom. The number of carbonyl (C=O) groups excluding carboxylic acids is 1. The van der Waals surface area contributed by atoms with E-state index in [1.807, 2.05) is 4.90 Å². The lowest BCUT2D eigenvalue weighted by molar-refractivity contribution is -0.132. The van der Waals surface area contributed by atoms with Gasteiger partial charge in [-0.2, -0.15) is 0 Å². The van der Waals surface area contributed by atoms with Gasteiger partial charge in [0.15, 0.2) is 0 Å². The summed E-state index contributed by atoms with van der Waals surface area (Å²) in [6.45, 7) is 1.73. The molecular formula is C9H17N3O. The minimum absolute atomic E-state index is 0.0932. The van der Waals surface area contributed by atoms with E-state index < -0.39 is 6.04 Å². The molecular weight excluding hydrogens is 166 g/mol. The van der Waals surface area contributed by atoms with E-state index in [9.17, 15) is 4.79 Å². The fraction of sp³-hybridized carbons (Fsp3) is 0.778. The van der Waals surface area contributed by atoms with Crippen molar-refractivity contribution in [3.8, 4) is 0 Å². The molecule has 0 aromatic rings. The van der Waals surface area contributed by atoms with Crippen molar-refractivity contribution in [2.45, 2.75) is 31.7 Å². The average molecular weight is 183 g/mol. The Morgan fingerprint density at radius 3 is 2.62 bits per heavy atom. The highest BCUT2D eigenvalue weighted by molar-refractivity contribution is 5.80. The Morgan fingerprint density at radius 1 is 1.46 bits per heavy atom. The van der Waals surface area contributed by atoms with Crippen molar-refractivity contribution in [3.63, 3.8) is 0 Å². The molecule has 4 heteroatoms. The van der Waals surface area contributed by atoms with Crippen LogP contribution in [0, 0.1) is 5.41 Å². The molecule has 0 spiro atoms. The fourth-order valence-corrected chi connectivity index (χ4v) is 1.53. The summed E-state index contributed by atoms with van der Waals surface area (Å²) in [7, 11) is 0. The zero-order chi connectivity index (χ0) is 9.68. The molecule has 0 radical (unpaired) electrons. The molecule has 1 amide bonds. The largest absolute Gasteiger partial charge is 0.343 e. The predicted molar refractivity (Wildman–Crippen MR) is 51.8 cm³/mol. The van der Waals surface area contributed by atoms with Gasteiger partial charge in [0.05, 0.1) is 0 Å². The lowest BCUT2D eigenvalue weighted by Crippen LogP contribution is -2.39. The van der Waals surface area contributed by atoms with Crippen LogP contribution in [0.5, 0.6) is 0 Å². The van der Waals surface area contributed by atoms with Gasteiger partial charge in [0.1, 0.15) is 0 Å². The van der Waals surface area contributed by atoms with Gasteiger partial charge >= 0.3 is 0 Å². The van der Waals surface area contributed by atoms with Gasteiger partial charge in [-0.15, -0.1) is 0 Å². The number of nitrogens with two attached hydrogens (primary N) is 1. The molecule has 1 rings (SSSR count). The van der Waals surface area contributed by atoms with Gasteiger partial charge in [-0.1, -0.05) is 0 Å². The molecule has 74 valence electrons. The maximum Gasteiger partial charge on any atom is 0.224 e. The molecule has 1 fully saturated rings. The number of rotatable bonds is 3. The Hall–Kier alpha value is -0.900. The third kappa shape index (κ3) is 3.14. The lowest BCUT2D eigenvalue weighted by Gasteiger charge is -2.27. The van der Waals surface area contributed by atoms with E-state index in [-0.39, 0.29) is 12.3 Å². The van der Waals surface area contributed by atoms with Crippen LogP contribution in [0.2, 0.25) is 0 Å². The van der Waals surface area contributed by atoms with Crippen LogP contribution in [-0.2, 0) is 4.79 Å². The van der Waals surface area contributed by atoms with E-state index in [2.05, 4.69) is 0 Å². The van der Waals surface area contributed by atoms with Crippen LogP contribution in [0.4, 0.5) is 0 Å². The first-order valence-corrected chi connectivity index (χ1v) is 4.78. The van der Waals surface area contributed by atoms with E-state index in [4.69, 9.17) is 11.1 Å². The summed E-state index contributed by atoms with van der Waals surface area (Å²) < 4.78 is 0. The number of amides is 1. The van der Waals surface area contributed by atoms with E-state index in [1.54, 1.807) is 0 Å². The van der Waals surface area contributed by atoms with E-state index in [1.165, 1.54) is 6.42 Å². The predicted octanol–water partition coefficient (Wildman–Crippen LogP) is 0.366. The van der Waals surface area contributed by atoms with Gasteiger partial charge in [-0.3, -0.25) is 4.79 Å². The van der Waals surface area contributed by atoms with Crippen LogP contribution in [0.3, 0.4) is 0 Å². The monoisotopic (exact) mass is 183 g/mol. The standard InChI is InChI=1S/C9H17N3O/c10-7-8(11)6-9(13)12-4-2-1-3-5-12/h7-8,10H,1-6,11H2. The van der Waals surface area contributed by atoms with Gasteiger partial charge in [0.25, 0.3) is 0 Å². The second kappa shape index (κ2) is 4.97. The van der Waals surface area contributed by atoms with Crippen LogP contribution in [0.15, 0.2) is 0 Å². The molecule has 13 heavy (non-hydrogen) atoms. The molecule has 4 nitrogen and oxygen atoms in total. The molecule has 1 saturated heterocycles. The normalized spacial score (nSPS) is 19.6. The third-order valence-corrected chi connectivity index (χ3v) is 2.33. The van der Waals surface area contributed by atoms with Crippen LogP contribution in [-0.4, -0.2) is 36.2 Å². The minimum atomic E-state index is -0.408. The number of nitrogens with zero attached hydrogens (tertiary/aromatic N) is 1. The van der Waals surface area contributed by atoms with E-state index >= 15 is 0 Å². The van der Waals surface area contributed by atoms with Crippen molar-refractivity contribution in [1.29, 1.82) is 5.41 Å². The molecule has 1 atom stereocenters. The van der Waals surface area contributed by atoms with Gasteiger partial charge < -0.3 is 16.0 Å². The van der Waals surface area contributed by atoms with Crippen LogP contribution in [0.25, 0.3) is 0 Å². The Labute approximate surface area is 78.6 Å². The Balaban J connectivity index is 2.32. The molecule has 1 aliphatic rings. The molecule has 3 N–H and O–H groups in total. The van der Waals surface area contributed by atoms with Crippen LogP contribution < -0.4 is 5.73 Å². The van der Waals surface area contributed by atoms with Crippen molar-refractivity contribution < 1.29 is 4.79 Å². The van der Waals surface area contributed by atoms with Gasteiger partial charge in [0, 0.05) is 31.8 Å². The van der Waals surface area contributed by atoms with Crippen molar-refractivity contribution in [1.82, 2.24) is 4.90 Å². The van der Waals surface area contributed by atoms with Gasteiger partial charge in [0.2, 0.25) is 5.91 Å². The third-order valence-electron chi connectivity index (χ3n) is 2.33. The second-order valence-corrected chi connectivity index (χ2v) is 3.48. The smallest absolute Gasteiger partial charge is 0.224 e. The number of carbonyl (C=O) groups is 1. The lowest BCUT2D eigenvalue weighted by atomic mass is 10.1. The summed E-state index contributed by atoms with van der Waals surface area (Å²) in [6, 6.07) is -0.408. The van der Waals surface area contributed by atoms with Gasteiger partial charge in [-0.05, 0) is 19.3 Å². The maximum atomic E-state index is 11.5. The SMILES string of the molecule is N=CC(N)CC(=O)N1CCCCC1. The van der Waals surface area contributed by atoms with Crippen LogP contribution >= 0.6 is 0 Å². The quantitative estimate of drug-likeness (QED) is 0.620. The van der Waals surface area contributed by atoms with Crippen molar-refractivity contribution in [3.05, 3.63) is 0 Å².